The van der Waals surface area contributed by atoms with E-state index in [0.29, 0.717) is 25.4 Å². The maximum atomic E-state index is 11.7. The number of carbonyl (C=O) groups excluding carboxylic acids is 1. The summed E-state index contributed by atoms with van der Waals surface area (Å²) in [6.45, 7) is 9.76. The average Bonchev–Trinajstić information content (AvgIpc) is 2.80. The Morgan fingerprint density at radius 2 is 1.67 bits per heavy atom. The van der Waals surface area contributed by atoms with Crippen molar-refractivity contribution in [3.63, 3.8) is 0 Å². The third kappa shape index (κ3) is 4.70. The SMILES string of the molecule is CCOC(=O)c1ccc(/C=C(\C)c2ccc3c(c2)OCC(C)(C)CO3)cc1. The zero-order valence-electron chi connectivity index (χ0n) is 16.4. The lowest BCUT2D eigenvalue weighted by atomic mass is 9.97. The van der Waals surface area contributed by atoms with Crippen molar-refractivity contribution in [3.8, 4) is 11.5 Å². The van der Waals surface area contributed by atoms with Crippen molar-refractivity contribution in [2.24, 2.45) is 5.41 Å². The molecule has 0 radical (unpaired) electrons. The van der Waals surface area contributed by atoms with Crippen LogP contribution >= 0.6 is 0 Å². The highest BCUT2D eigenvalue weighted by Gasteiger charge is 2.25. The normalized spacial score (nSPS) is 15.8. The highest BCUT2D eigenvalue weighted by molar-refractivity contribution is 5.90. The second-order valence-corrected chi connectivity index (χ2v) is 7.57. The molecule has 0 spiro atoms. The van der Waals surface area contributed by atoms with Gasteiger partial charge in [0, 0.05) is 5.41 Å². The maximum absolute atomic E-state index is 11.7. The summed E-state index contributed by atoms with van der Waals surface area (Å²) in [6, 6.07) is 13.4. The van der Waals surface area contributed by atoms with E-state index in [1.807, 2.05) is 30.3 Å². The Morgan fingerprint density at radius 1 is 1.04 bits per heavy atom. The predicted octanol–water partition coefficient (Wildman–Crippen LogP) is 5.22. The molecule has 0 aliphatic carbocycles. The highest BCUT2D eigenvalue weighted by atomic mass is 16.5. The summed E-state index contributed by atoms with van der Waals surface area (Å²) in [5.41, 5.74) is 3.75. The molecule has 0 saturated carbocycles. The second-order valence-electron chi connectivity index (χ2n) is 7.57. The van der Waals surface area contributed by atoms with E-state index in [4.69, 9.17) is 14.2 Å². The van der Waals surface area contributed by atoms with Crippen LogP contribution in [0.5, 0.6) is 11.5 Å². The van der Waals surface area contributed by atoms with E-state index in [-0.39, 0.29) is 11.4 Å². The number of hydrogen-bond donors (Lipinski definition) is 0. The minimum absolute atomic E-state index is 0.00919. The van der Waals surface area contributed by atoms with Crippen LogP contribution in [0.25, 0.3) is 11.6 Å². The fourth-order valence-corrected chi connectivity index (χ4v) is 2.84. The number of esters is 1. The van der Waals surface area contributed by atoms with E-state index < -0.39 is 0 Å². The molecule has 4 heteroatoms. The summed E-state index contributed by atoms with van der Waals surface area (Å²) in [6.07, 6.45) is 2.08. The first-order chi connectivity index (χ1) is 12.9. The standard InChI is InChI=1S/C23H26O4/c1-5-25-22(24)18-8-6-17(7-9-18)12-16(2)19-10-11-20-21(13-19)27-15-23(3,4)14-26-20/h6-13H,5,14-15H2,1-4H3/b16-12+. The summed E-state index contributed by atoms with van der Waals surface area (Å²) in [5.74, 6) is 1.27. The van der Waals surface area contributed by atoms with E-state index >= 15 is 0 Å². The van der Waals surface area contributed by atoms with Gasteiger partial charge >= 0.3 is 5.97 Å². The molecule has 27 heavy (non-hydrogen) atoms. The van der Waals surface area contributed by atoms with Gasteiger partial charge < -0.3 is 14.2 Å². The molecule has 1 heterocycles. The minimum Gasteiger partial charge on any atom is -0.489 e. The van der Waals surface area contributed by atoms with Crippen molar-refractivity contribution in [3.05, 3.63) is 59.2 Å². The van der Waals surface area contributed by atoms with Gasteiger partial charge in [-0.2, -0.15) is 0 Å². The number of fused-ring (bicyclic) bond motifs is 1. The van der Waals surface area contributed by atoms with Crippen LogP contribution in [-0.2, 0) is 4.74 Å². The van der Waals surface area contributed by atoms with E-state index in [9.17, 15) is 4.79 Å². The Morgan fingerprint density at radius 3 is 2.33 bits per heavy atom. The molecule has 2 aromatic carbocycles. The van der Waals surface area contributed by atoms with E-state index in [1.165, 1.54) is 0 Å². The van der Waals surface area contributed by atoms with Crippen LogP contribution in [-0.4, -0.2) is 25.8 Å². The van der Waals surface area contributed by atoms with Crippen LogP contribution in [0.2, 0.25) is 0 Å². The van der Waals surface area contributed by atoms with Gasteiger partial charge in [-0.1, -0.05) is 38.1 Å². The van der Waals surface area contributed by atoms with Crippen LogP contribution in [0, 0.1) is 5.41 Å². The Bertz CT molecular complexity index is 847. The minimum atomic E-state index is -0.296. The summed E-state index contributed by atoms with van der Waals surface area (Å²) < 4.78 is 16.9. The fourth-order valence-electron chi connectivity index (χ4n) is 2.84. The Hall–Kier alpha value is -2.75. The van der Waals surface area contributed by atoms with Crippen LogP contribution in [0.4, 0.5) is 0 Å². The van der Waals surface area contributed by atoms with Crippen LogP contribution in [0.3, 0.4) is 0 Å². The van der Waals surface area contributed by atoms with Gasteiger partial charge in [-0.3, -0.25) is 0 Å². The van der Waals surface area contributed by atoms with Crippen molar-refractivity contribution in [2.75, 3.05) is 19.8 Å². The molecule has 0 amide bonds. The number of carbonyl (C=O) groups is 1. The average molecular weight is 366 g/mol. The molecule has 0 bridgehead atoms. The van der Waals surface area contributed by atoms with E-state index in [0.717, 1.165) is 28.2 Å². The Balaban J connectivity index is 1.79. The topological polar surface area (TPSA) is 44.8 Å². The van der Waals surface area contributed by atoms with Crippen LogP contribution in [0.15, 0.2) is 42.5 Å². The molecule has 0 unspecified atom stereocenters. The molecule has 2 aromatic rings. The van der Waals surface area contributed by atoms with Crippen molar-refractivity contribution >= 4 is 17.6 Å². The van der Waals surface area contributed by atoms with Gasteiger partial charge in [0.1, 0.15) is 0 Å². The third-order valence-electron chi connectivity index (χ3n) is 4.44. The zero-order valence-corrected chi connectivity index (χ0v) is 16.4. The number of allylic oxidation sites excluding steroid dienone is 1. The maximum Gasteiger partial charge on any atom is 0.338 e. The number of hydrogen-bond acceptors (Lipinski definition) is 4. The lowest BCUT2D eigenvalue weighted by Gasteiger charge is -2.19. The molecular weight excluding hydrogens is 340 g/mol. The molecule has 0 atom stereocenters. The number of rotatable bonds is 4. The smallest absolute Gasteiger partial charge is 0.338 e. The second kappa shape index (κ2) is 7.87. The van der Waals surface area contributed by atoms with Gasteiger partial charge in [0.15, 0.2) is 11.5 Å². The van der Waals surface area contributed by atoms with E-state index in [2.05, 4.69) is 26.8 Å². The molecule has 4 nitrogen and oxygen atoms in total. The van der Waals surface area contributed by atoms with E-state index in [1.54, 1.807) is 19.1 Å². The quantitative estimate of drug-likeness (QED) is 0.550. The first-order valence-corrected chi connectivity index (χ1v) is 9.23. The van der Waals surface area contributed by atoms with Crippen LogP contribution < -0.4 is 9.47 Å². The fraction of sp³-hybridized carbons (Fsp3) is 0.348. The van der Waals surface area contributed by atoms with Crippen LogP contribution in [0.1, 0.15) is 49.2 Å². The molecule has 0 saturated heterocycles. The first kappa shape index (κ1) is 19.0. The largest absolute Gasteiger partial charge is 0.489 e. The van der Waals surface area contributed by atoms with Crippen molar-refractivity contribution in [1.29, 1.82) is 0 Å². The molecule has 3 rings (SSSR count). The van der Waals surface area contributed by atoms with Gasteiger partial charge in [-0.05, 0) is 54.8 Å². The summed E-state index contributed by atoms with van der Waals surface area (Å²) in [4.78, 5) is 11.7. The highest BCUT2D eigenvalue weighted by Crippen LogP contribution is 2.36. The number of ether oxygens (including phenoxy) is 3. The third-order valence-corrected chi connectivity index (χ3v) is 4.44. The molecule has 1 aliphatic rings. The monoisotopic (exact) mass is 366 g/mol. The molecule has 0 aromatic heterocycles. The predicted molar refractivity (Wildman–Crippen MR) is 107 cm³/mol. The van der Waals surface area contributed by atoms with Gasteiger partial charge in [0.2, 0.25) is 0 Å². The summed E-state index contributed by atoms with van der Waals surface area (Å²) in [5, 5.41) is 0. The van der Waals surface area contributed by atoms with Gasteiger partial charge in [-0.25, -0.2) is 4.79 Å². The summed E-state index contributed by atoms with van der Waals surface area (Å²) in [7, 11) is 0. The van der Waals surface area contributed by atoms with Crippen molar-refractivity contribution < 1.29 is 19.0 Å². The van der Waals surface area contributed by atoms with Gasteiger partial charge in [-0.15, -0.1) is 0 Å². The lowest BCUT2D eigenvalue weighted by molar-refractivity contribution is 0.0526. The van der Waals surface area contributed by atoms with Crippen molar-refractivity contribution in [2.45, 2.75) is 27.7 Å². The Kier molecular flexibility index (Phi) is 5.54. The van der Waals surface area contributed by atoms with Gasteiger partial charge in [0.05, 0.1) is 25.4 Å². The molecule has 0 fully saturated rings. The number of benzene rings is 2. The molecule has 0 N–H and O–H groups in total. The first-order valence-electron chi connectivity index (χ1n) is 9.23. The summed E-state index contributed by atoms with van der Waals surface area (Å²) >= 11 is 0. The molecule has 1 aliphatic heterocycles. The van der Waals surface area contributed by atoms with Crippen molar-refractivity contribution in [1.82, 2.24) is 0 Å². The zero-order chi connectivity index (χ0) is 19.4. The molecule has 142 valence electrons. The van der Waals surface area contributed by atoms with Gasteiger partial charge in [0.25, 0.3) is 0 Å². The Labute approximate surface area is 160 Å². The molecular formula is C23H26O4. The lowest BCUT2D eigenvalue weighted by Crippen LogP contribution is -2.26.